The van der Waals surface area contributed by atoms with Crippen molar-refractivity contribution in [3.8, 4) is 11.3 Å². The smallest absolute Gasteiger partial charge is 0.399 e. The molecular weight excluding hydrogens is 409 g/mol. The van der Waals surface area contributed by atoms with Crippen LogP contribution in [-0.4, -0.2) is 50.0 Å². The van der Waals surface area contributed by atoms with E-state index in [1.165, 1.54) is 0 Å². The number of imidazole rings is 1. The zero-order chi connectivity index (χ0) is 19.4. The summed E-state index contributed by atoms with van der Waals surface area (Å²) in [6, 6.07) is 8.22. The second-order valence-corrected chi connectivity index (χ2v) is 9.29. The van der Waals surface area contributed by atoms with Crippen LogP contribution in [0, 0.1) is 0 Å². The summed E-state index contributed by atoms with van der Waals surface area (Å²) >= 11 is 3.50. The Labute approximate surface area is 168 Å². The van der Waals surface area contributed by atoms with Crippen LogP contribution < -0.4 is 5.46 Å². The average Bonchev–Trinajstić information content (AvgIpc) is 3.25. The summed E-state index contributed by atoms with van der Waals surface area (Å²) < 4.78 is 14.2. The van der Waals surface area contributed by atoms with Crippen molar-refractivity contribution in [1.82, 2.24) is 13.9 Å². The molecule has 1 aromatic carbocycles. The largest absolute Gasteiger partial charge is 0.494 e. The standard InChI is InChI=1S/C19H25BBrN3O3/c1-18(2)19(3,4)27-20(26-18)13-7-5-12(6-8-13)15-10-22-17(23-15)16-9-14(25)11-24(16)21/h5-8,10,14,16,25H,9,11H2,1-4H3,(H,22,23). The van der Waals surface area contributed by atoms with Crippen LogP contribution in [0.2, 0.25) is 0 Å². The third kappa shape index (κ3) is 3.49. The van der Waals surface area contributed by atoms with E-state index in [9.17, 15) is 5.11 Å². The highest BCUT2D eigenvalue weighted by molar-refractivity contribution is 9.07. The van der Waals surface area contributed by atoms with Crippen molar-refractivity contribution in [3.05, 3.63) is 36.3 Å². The molecule has 8 heteroatoms. The van der Waals surface area contributed by atoms with Crippen LogP contribution in [0.3, 0.4) is 0 Å². The minimum Gasteiger partial charge on any atom is -0.399 e. The highest BCUT2D eigenvalue weighted by Gasteiger charge is 2.51. The molecule has 0 bridgehead atoms. The quantitative estimate of drug-likeness (QED) is 0.575. The van der Waals surface area contributed by atoms with Crippen molar-refractivity contribution in [3.63, 3.8) is 0 Å². The van der Waals surface area contributed by atoms with Crippen LogP contribution >= 0.6 is 16.1 Å². The van der Waals surface area contributed by atoms with Crippen LogP contribution in [0.1, 0.15) is 46.0 Å². The number of aromatic amines is 1. The fraction of sp³-hybridized carbons (Fsp3) is 0.526. The first-order valence-electron chi connectivity index (χ1n) is 9.28. The molecule has 6 nitrogen and oxygen atoms in total. The molecule has 0 saturated carbocycles. The second-order valence-electron chi connectivity index (χ2n) is 8.38. The number of hydrogen-bond acceptors (Lipinski definition) is 5. The number of H-pyrrole nitrogens is 1. The fourth-order valence-electron chi connectivity index (χ4n) is 3.47. The molecule has 3 heterocycles. The maximum Gasteiger partial charge on any atom is 0.494 e. The molecule has 2 unspecified atom stereocenters. The Morgan fingerprint density at radius 3 is 2.37 bits per heavy atom. The van der Waals surface area contributed by atoms with Gasteiger partial charge in [-0.15, -0.1) is 0 Å². The third-order valence-corrected chi connectivity index (χ3v) is 6.66. The van der Waals surface area contributed by atoms with Crippen LogP contribution in [0.25, 0.3) is 11.3 Å². The Hall–Kier alpha value is -1.19. The lowest BCUT2D eigenvalue weighted by atomic mass is 9.79. The molecule has 2 aromatic rings. The second kappa shape index (κ2) is 6.70. The maximum atomic E-state index is 9.83. The molecule has 2 atom stereocenters. The predicted octanol–water partition coefficient (Wildman–Crippen LogP) is 2.79. The van der Waals surface area contributed by atoms with Crippen molar-refractivity contribution in [1.29, 1.82) is 0 Å². The van der Waals surface area contributed by atoms with Gasteiger partial charge in [-0.2, -0.15) is 0 Å². The predicted molar refractivity (Wildman–Crippen MR) is 109 cm³/mol. The van der Waals surface area contributed by atoms with Gasteiger partial charge in [0.2, 0.25) is 0 Å². The van der Waals surface area contributed by atoms with E-state index in [-0.39, 0.29) is 30.5 Å². The van der Waals surface area contributed by atoms with E-state index in [0.29, 0.717) is 13.0 Å². The van der Waals surface area contributed by atoms with Gasteiger partial charge in [0.05, 0.1) is 35.2 Å². The minimum absolute atomic E-state index is 0.0535. The number of rotatable bonds is 3. The summed E-state index contributed by atoms with van der Waals surface area (Å²) in [7, 11) is -0.358. The first-order chi connectivity index (χ1) is 12.7. The normalized spacial score (nSPS) is 27.4. The summed E-state index contributed by atoms with van der Waals surface area (Å²) in [6.45, 7) is 8.83. The van der Waals surface area contributed by atoms with Gasteiger partial charge in [-0.25, -0.2) is 8.91 Å². The summed E-state index contributed by atoms with van der Waals surface area (Å²) in [4.78, 5) is 7.89. The molecule has 0 spiro atoms. The number of aliphatic hydroxyl groups excluding tert-OH is 1. The van der Waals surface area contributed by atoms with Crippen molar-refractivity contribution in [2.24, 2.45) is 0 Å². The summed E-state index contributed by atoms with van der Waals surface area (Å²) in [5.74, 6) is 0.855. The number of aromatic nitrogens is 2. The average molecular weight is 434 g/mol. The zero-order valence-corrected chi connectivity index (χ0v) is 17.7. The van der Waals surface area contributed by atoms with Gasteiger partial charge in [0.15, 0.2) is 0 Å². The van der Waals surface area contributed by atoms with Gasteiger partial charge in [-0.05, 0) is 45.1 Å². The number of halogens is 1. The summed E-state index contributed by atoms with van der Waals surface area (Å²) in [5, 5.41) is 9.83. The molecule has 2 saturated heterocycles. The Morgan fingerprint density at radius 2 is 1.81 bits per heavy atom. The van der Waals surface area contributed by atoms with Crippen LogP contribution in [-0.2, 0) is 9.31 Å². The Bertz CT molecular complexity index is 808. The Kier molecular flexibility index (Phi) is 4.75. The minimum atomic E-state index is -0.358. The third-order valence-electron chi connectivity index (χ3n) is 5.88. The topological polar surface area (TPSA) is 70.6 Å². The molecule has 2 aliphatic heterocycles. The molecule has 1 aromatic heterocycles. The summed E-state index contributed by atoms with van der Waals surface area (Å²) in [5.41, 5.74) is 2.31. The molecule has 2 fully saturated rings. The lowest BCUT2D eigenvalue weighted by molar-refractivity contribution is 0.00578. The highest BCUT2D eigenvalue weighted by atomic mass is 79.9. The summed E-state index contributed by atoms with van der Waals surface area (Å²) in [6.07, 6.45) is 2.17. The molecule has 0 amide bonds. The molecule has 2 N–H and O–H groups in total. The number of hydrogen-bond donors (Lipinski definition) is 2. The van der Waals surface area contributed by atoms with Crippen molar-refractivity contribution < 1.29 is 14.4 Å². The van der Waals surface area contributed by atoms with Crippen LogP contribution in [0.5, 0.6) is 0 Å². The van der Waals surface area contributed by atoms with Crippen molar-refractivity contribution in [2.75, 3.05) is 6.54 Å². The lowest BCUT2D eigenvalue weighted by Crippen LogP contribution is -2.41. The molecule has 0 aliphatic carbocycles. The van der Waals surface area contributed by atoms with Gasteiger partial charge >= 0.3 is 7.12 Å². The maximum absolute atomic E-state index is 9.83. The zero-order valence-electron chi connectivity index (χ0n) is 16.1. The lowest BCUT2D eigenvalue weighted by Gasteiger charge is -2.32. The monoisotopic (exact) mass is 433 g/mol. The Morgan fingerprint density at radius 1 is 1.19 bits per heavy atom. The first kappa shape index (κ1) is 19.1. The fourth-order valence-corrected chi connectivity index (χ4v) is 4.17. The molecule has 0 radical (unpaired) electrons. The van der Waals surface area contributed by atoms with Crippen LogP contribution in [0.15, 0.2) is 30.5 Å². The van der Waals surface area contributed by atoms with Gasteiger partial charge in [0.25, 0.3) is 0 Å². The van der Waals surface area contributed by atoms with Gasteiger partial charge in [0.1, 0.15) is 5.82 Å². The molecule has 27 heavy (non-hydrogen) atoms. The van der Waals surface area contributed by atoms with Gasteiger partial charge in [0, 0.05) is 22.7 Å². The van der Waals surface area contributed by atoms with E-state index in [1.54, 1.807) is 0 Å². The Balaban J connectivity index is 1.51. The highest BCUT2D eigenvalue weighted by Crippen LogP contribution is 2.37. The van der Waals surface area contributed by atoms with Gasteiger partial charge < -0.3 is 19.4 Å². The molecule has 2 aliphatic rings. The van der Waals surface area contributed by atoms with Crippen LogP contribution in [0.4, 0.5) is 0 Å². The number of benzene rings is 1. The van der Waals surface area contributed by atoms with E-state index in [1.807, 2.05) is 34.4 Å². The SMILES string of the molecule is CC1(C)OB(c2ccc(-c3cnc(C4CC(O)CN4Br)[nH]3)cc2)OC1(C)C. The van der Waals surface area contributed by atoms with E-state index < -0.39 is 0 Å². The van der Waals surface area contributed by atoms with Crippen molar-refractivity contribution in [2.45, 2.75) is 57.5 Å². The van der Waals surface area contributed by atoms with E-state index in [4.69, 9.17) is 9.31 Å². The number of nitrogens with zero attached hydrogens (tertiary/aromatic N) is 2. The van der Waals surface area contributed by atoms with E-state index in [2.05, 4.69) is 53.8 Å². The van der Waals surface area contributed by atoms with Gasteiger partial charge in [-0.1, -0.05) is 24.3 Å². The van der Waals surface area contributed by atoms with Gasteiger partial charge in [-0.3, -0.25) is 0 Å². The number of nitrogens with one attached hydrogen (secondary N) is 1. The van der Waals surface area contributed by atoms with E-state index in [0.717, 1.165) is 22.5 Å². The van der Waals surface area contributed by atoms with Crippen molar-refractivity contribution >= 4 is 28.7 Å². The molecule has 144 valence electrons. The van der Waals surface area contributed by atoms with E-state index >= 15 is 0 Å². The molecular formula is C19H25BBrN3O3. The number of aliphatic hydroxyl groups is 1. The molecule has 4 rings (SSSR count). The number of β-amino-alcohol motifs (C(OH)–C–C–N with tert-alkyl or cyclic N) is 1. The first-order valence-corrected chi connectivity index (χ1v) is 9.98.